The molecule has 3 N–H and O–H groups in total. The maximum atomic E-state index is 11.6. The first kappa shape index (κ1) is 18.1. The summed E-state index contributed by atoms with van der Waals surface area (Å²) in [7, 11) is 1.76. The Morgan fingerprint density at radius 2 is 2.08 bits per heavy atom. The minimum absolute atomic E-state index is 0.0593. The first-order valence-corrected chi connectivity index (χ1v) is 8.65. The molecule has 132 valence electrons. The van der Waals surface area contributed by atoms with Crippen LogP contribution in [0.15, 0.2) is 35.3 Å². The summed E-state index contributed by atoms with van der Waals surface area (Å²) in [5.41, 5.74) is 1.26. The number of guanidine groups is 1. The normalized spacial score (nSPS) is 17.9. The highest BCUT2D eigenvalue weighted by Crippen LogP contribution is 2.19. The molecule has 1 aliphatic heterocycles. The summed E-state index contributed by atoms with van der Waals surface area (Å²) in [6.07, 6.45) is 1.52. The van der Waals surface area contributed by atoms with Gasteiger partial charge < -0.3 is 20.9 Å². The predicted molar refractivity (Wildman–Crippen MR) is 99.5 cm³/mol. The third-order valence-corrected chi connectivity index (χ3v) is 3.97. The van der Waals surface area contributed by atoms with Crippen molar-refractivity contribution in [3.63, 3.8) is 0 Å². The average molecular weight is 331 g/mol. The fraction of sp³-hybridized carbons (Fsp3) is 0.556. The number of rotatable bonds is 6. The second-order valence-corrected chi connectivity index (χ2v) is 6.38. The molecule has 0 saturated carbocycles. The molecule has 24 heavy (non-hydrogen) atoms. The van der Waals surface area contributed by atoms with E-state index >= 15 is 0 Å². The number of nitrogens with zero attached hydrogens (tertiary/aromatic N) is 2. The smallest absolute Gasteiger partial charge is 0.221 e. The molecule has 1 fully saturated rings. The van der Waals surface area contributed by atoms with Gasteiger partial charge in [0.15, 0.2) is 5.96 Å². The molecule has 0 bridgehead atoms. The fourth-order valence-corrected chi connectivity index (χ4v) is 2.83. The molecule has 0 aromatic heterocycles. The highest BCUT2D eigenvalue weighted by atomic mass is 16.1. The molecule has 1 atom stereocenters. The first-order chi connectivity index (χ1) is 11.6. The number of anilines is 1. The van der Waals surface area contributed by atoms with Crippen LogP contribution in [0.1, 0.15) is 26.7 Å². The Morgan fingerprint density at radius 3 is 2.75 bits per heavy atom. The van der Waals surface area contributed by atoms with Crippen molar-refractivity contribution in [2.45, 2.75) is 38.8 Å². The highest BCUT2D eigenvalue weighted by Gasteiger charge is 2.23. The van der Waals surface area contributed by atoms with E-state index in [2.05, 4.69) is 50.1 Å². The summed E-state index contributed by atoms with van der Waals surface area (Å²) in [6.45, 7) is 6.50. The third-order valence-electron chi connectivity index (χ3n) is 3.97. The molecule has 6 heteroatoms. The Balaban J connectivity index is 1.73. The molecule has 1 amide bonds. The minimum Gasteiger partial charge on any atom is -0.369 e. The summed E-state index contributed by atoms with van der Waals surface area (Å²) in [5, 5.41) is 9.55. The SMILES string of the molecule is CN=C(NCCC(=O)NC(C)C)NC1CCN(c2ccccc2)C1. The molecule has 1 unspecified atom stereocenters. The van der Waals surface area contributed by atoms with E-state index < -0.39 is 0 Å². The van der Waals surface area contributed by atoms with Gasteiger partial charge in [0.25, 0.3) is 0 Å². The minimum atomic E-state index is 0.0593. The van der Waals surface area contributed by atoms with Crippen LogP contribution in [0.2, 0.25) is 0 Å². The van der Waals surface area contributed by atoms with Crippen molar-refractivity contribution in [2.24, 2.45) is 4.99 Å². The second-order valence-electron chi connectivity index (χ2n) is 6.38. The van der Waals surface area contributed by atoms with E-state index in [1.54, 1.807) is 7.05 Å². The molecule has 1 aromatic carbocycles. The molecule has 1 heterocycles. The van der Waals surface area contributed by atoms with Crippen LogP contribution in [0.4, 0.5) is 5.69 Å². The monoisotopic (exact) mass is 331 g/mol. The number of aliphatic imine (C=N–C) groups is 1. The summed E-state index contributed by atoms with van der Waals surface area (Å²) >= 11 is 0. The van der Waals surface area contributed by atoms with Gasteiger partial charge in [0, 0.05) is 50.9 Å². The van der Waals surface area contributed by atoms with Crippen molar-refractivity contribution >= 4 is 17.6 Å². The third kappa shape index (κ3) is 5.76. The Morgan fingerprint density at radius 1 is 1.33 bits per heavy atom. The van der Waals surface area contributed by atoms with Gasteiger partial charge in [0.1, 0.15) is 0 Å². The molecule has 0 radical (unpaired) electrons. The van der Waals surface area contributed by atoms with Crippen molar-refractivity contribution in [2.75, 3.05) is 31.6 Å². The predicted octanol–water partition coefficient (Wildman–Crippen LogP) is 1.35. The van der Waals surface area contributed by atoms with E-state index in [4.69, 9.17) is 0 Å². The lowest BCUT2D eigenvalue weighted by molar-refractivity contribution is -0.121. The Hall–Kier alpha value is -2.24. The van der Waals surface area contributed by atoms with Crippen LogP contribution >= 0.6 is 0 Å². The van der Waals surface area contributed by atoms with E-state index in [0.29, 0.717) is 19.0 Å². The molecule has 1 aromatic rings. The molecular formula is C18H29N5O. The van der Waals surface area contributed by atoms with Gasteiger partial charge in [-0.05, 0) is 32.4 Å². The van der Waals surface area contributed by atoms with Crippen LogP contribution in [0.5, 0.6) is 0 Å². The van der Waals surface area contributed by atoms with Gasteiger partial charge in [-0.2, -0.15) is 0 Å². The van der Waals surface area contributed by atoms with Gasteiger partial charge in [-0.15, -0.1) is 0 Å². The van der Waals surface area contributed by atoms with Gasteiger partial charge in [-0.25, -0.2) is 0 Å². The van der Waals surface area contributed by atoms with E-state index in [-0.39, 0.29) is 11.9 Å². The number of benzene rings is 1. The lowest BCUT2D eigenvalue weighted by atomic mass is 10.2. The molecule has 6 nitrogen and oxygen atoms in total. The summed E-state index contributed by atoms with van der Waals surface area (Å²) in [5.74, 6) is 0.816. The van der Waals surface area contributed by atoms with Crippen LogP contribution in [0, 0.1) is 0 Å². The largest absolute Gasteiger partial charge is 0.369 e. The lowest BCUT2D eigenvalue weighted by Crippen LogP contribution is -2.45. The van der Waals surface area contributed by atoms with Gasteiger partial charge in [0.2, 0.25) is 5.91 Å². The molecule has 1 saturated heterocycles. The number of carbonyl (C=O) groups is 1. The van der Waals surface area contributed by atoms with Crippen molar-refractivity contribution in [1.29, 1.82) is 0 Å². The van der Waals surface area contributed by atoms with E-state index in [0.717, 1.165) is 25.5 Å². The molecular weight excluding hydrogens is 302 g/mol. The molecule has 2 rings (SSSR count). The summed E-state index contributed by atoms with van der Waals surface area (Å²) in [6, 6.07) is 11.0. The Labute approximate surface area is 144 Å². The van der Waals surface area contributed by atoms with Crippen molar-refractivity contribution in [3.05, 3.63) is 30.3 Å². The molecule has 0 spiro atoms. The van der Waals surface area contributed by atoms with Gasteiger partial charge >= 0.3 is 0 Å². The Kier molecular flexibility index (Phi) is 6.90. The maximum Gasteiger partial charge on any atom is 0.221 e. The van der Waals surface area contributed by atoms with Gasteiger partial charge in [-0.1, -0.05) is 18.2 Å². The van der Waals surface area contributed by atoms with Crippen molar-refractivity contribution < 1.29 is 4.79 Å². The number of nitrogens with one attached hydrogen (secondary N) is 3. The number of hydrogen-bond acceptors (Lipinski definition) is 3. The number of amides is 1. The van der Waals surface area contributed by atoms with Crippen molar-refractivity contribution in [1.82, 2.24) is 16.0 Å². The van der Waals surface area contributed by atoms with Gasteiger partial charge in [0.05, 0.1) is 0 Å². The van der Waals surface area contributed by atoms with Crippen LogP contribution in [0.3, 0.4) is 0 Å². The standard InChI is InChI=1S/C18H29N5O/c1-14(2)21-17(24)9-11-20-18(19-3)22-15-10-12-23(13-15)16-7-5-4-6-8-16/h4-8,14-15H,9-13H2,1-3H3,(H,21,24)(H2,19,20,22). The van der Waals surface area contributed by atoms with E-state index in [1.807, 2.05) is 19.9 Å². The maximum absolute atomic E-state index is 11.6. The highest BCUT2D eigenvalue weighted by molar-refractivity contribution is 5.81. The zero-order valence-electron chi connectivity index (χ0n) is 14.9. The van der Waals surface area contributed by atoms with Crippen molar-refractivity contribution in [3.8, 4) is 0 Å². The Bertz CT molecular complexity index is 544. The van der Waals surface area contributed by atoms with Gasteiger partial charge in [-0.3, -0.25) is 9.79 Å². The van der Waals surface area contributed by atoms with Crippen LogP contribution in [0.25, 0.3) is 0 Å². The average Bonchev–Trinajstić information content (AvgIpc) is 3.02. The number of para-hydroxylation sites is 1. The quantitative estimate of drug-likeness (QED) is 0.544. The summed E-state index contributed by atoms with van der Waals surface area (Å²) in [4.78, 5) is 18.3. The number of carbonyl (C=O) groups excluding carboxylic acids is 1. The fourth-order valence-electron chi connectivity index (χ4n) is 2.83. The molecule has 0 aliphatic carbocycles. The zero-order valence-corrected chi connectivity index (χ0v) is 14.9. The number of hydrogen-bond donors (Lipinski definition) is 3. The topological polar surface area (TPSA) is 68.8 Å². The lowest BCUT2D eigenvalue weighted by Gasteiger charge is -2.20. The zero-order chi connectivity index (χ0) is 17.4. The van der Waals surface area contributed by atoms with Crippen LogP contribution in [-0.4, -0.2) is 50.6 Å². The summed E-state index contributed by atoms with van der Waals surface area (Å²) < 4.78 is 0. The molecule has 1 aliphatic rings. The second kappa shape index (κ2) is 9.15. The van der Waals surface area contributed by atoms with E-state index in [1.165, 1.54) is 5.69 Å². The van der Waals surface area contributed by atoms with Crippen LogP contribution in [-0.2, 0) is 4.79 Å². The van der Waals surface area contributed by atoms with E-state index in [9.17, 15) is 4.79 Å². The first-order valence-electron chi connectivity index (χ1n) is 8.65. The van der Waals surface area contributed by atoms with Crippen LogP contribution < -0.4 is 20.9 Å².